The van der Waals surface area contributed by atoms with E-state index in [1.54, 1.807) is 0 Å². The lowest BCUT2D eigenvalue weighted by atomic mass is 10.2. The number of aliphatic hydroxyl groups is 1. The fraction of sp³-hybridized carbons (Fsp3) is 0.800. The van der Waals surface area contributed by atoms with Crippen molar-refractivity contribution in [1.82, 2.24) is 16.0 Å². The van der Waals surface area contributed by atoms with Crippen LogP contribution in [0, 0.1) is 0 Å². The molecule has 2 atom stereocenters. The van der Waals surface area contributed by atoms with Gasteiger partial charge in [0.05, 0.1) is 19.3 Å². The molecule has 1 aliphatic rings. The van der Waals surface area contributed by atoms with Crippen molar-refractivity contribution >= 4 is 11.8 Å². The number of piperazine rings is 1. The molecule has 0 spiro atoms. The predicted molar refractivity (Wildman–Crippen MR) is 60.3 cm³/mol. The van der Waals surface area contributed by atoms with Crippen LogP contribution in [0.4, 0.5) is 0 Å². The van der Waals surface area contributed by atoms with Gasteiger partial charge in [0.1, 0.15) is 6.04 Å². The average molecular weight is 245 g/mol. The Morgan fingerprint density at radius 3 is 3.06 bits per heavy atom. The number of aliphatic hydroxyl groups excluding tert-OH is 1. The first-order valence-electron chi connectivity index (χ1n) is 5.58. The van der Waals surface area contributed by atoms with Crippen LogP contribution in [-0.4, -0.2) is 62.4 Å². The molecule has 7 heteroatoms. The Morgan fingerprint density at radius 1 is 1.71 bits per heavy atom. The van der Waals surface area contributed by atoms with Crippen LogP contribution in [0.1, 0.15) is 6.42 Å². The molecule has 2 amide bonds. The molecule has 0 aromatic rings. The number of methoxy groups -OCH3 is 1. The molecule has 1 aliphatic heterocycles. The van der Waals surface area contributed by atoms with Gasteiger partial charge in [0, 0.05) is 20.2 Å². The lowest BCUT2D eigenvalue weighted by Gasteiger charge is -2.23. The summed E-state index contributed by atoms with van der Waals surface area (Å²) in [5.74, 6) is -0.279. The number of carbonyl (C=O) groups is 2. The zero-order valence-corrected chi connectivity index (χ0v) is 9.86. The Balaban J connectivity index is 2.14. The maximum absolute atomic E-state index is 11.6. The highest BCUT2D eigenvalue weighted by Crippen LogP contribution is 1.92. The van der Waals surface area contributed by atoms with Crippen molar-refractivity contribution in [1.29, 1.82) is 0 Å². The molecule has 1 saturated heterocycles. The lowest BCUT2D eigenvalue weighted by Crippen LogP contribution is -2.58. The summed E-state index contributed by atoms with van der Waals surface area (Å²) >= 11 is 0. The third-order valence-electron chi connectivity index (χ3n) is 2.46. The first kappa shape index (κ1) is 13.9. The van der Waals surface area contributed by atoms with Crippen molar-refractivity contribution in [3.63, 3.8) is 0 Å². The molecule has 4 N–H and O–H groups in total. The zero-order valence-electron chi connectivity index (χ0n) is 9.86. The topological polar surface area (TPSA) is 99.7 Å². The van der Waals surface area contributed by atoms with Crippen LogP contribution in [0.2, 0.25) is 0 Å². The van der Waals surface area contributed by atoms with Gasteiger partial charge in [-0.05, 0) is 6.42 Å². The van der Waals surface area contributed by atoms with Crippen molar-refractivity contribution in [3.05, 3.63) is 0 Å². The van der Waals surface area contributed by atoms with Crippen LogP contribution in [0.3, 0.4) is 0 Å². The number of nitrogens with one attached hydrogen (secondary N) is 3. The van der Waals surface area contributed by atoms with Crippen LogP contribution in [-0.2, 0) is 14.3 Å². The highest BCUT2D eigenvalue weighted by molar-refractivity contribution is 5.86. The Labute approximate surface area is 99.9 Å². The smallest absolute Gasteiger partial charge is 0.238 e. The van der Waals surface area contributed by atoms with E-state index in [0.717, 1.165) is 0 Å². The molecule has 2 unspecified atom stereocenters. The number of hydrogen-bond acceptors (Lipinski definition) is 5. The van der Waals surface area contributed by atoms with Gasteiger partial charge in [0.2, 0.25) is 11.8 Å². The van der Waals surface area contributed by atoms with Crippen LogP contribution in [0.15, 0.2) is 0 Å². The summed E-state index contributed by atoms with van der Waals surface area (Å²) in [6.07, 6.45) is -0.127. The summed E-state index contributed by atoms with van der Waals surface area (Å²) in [6, 6.07) is -0.396. The maximum atomic E-state index is 11.6. The minimum Gasteiger partial charge on any atom is -0.391 e. The fourth-order valence-corrected chi connectivity index (χ4v) is 1.51. The normalized spacial score (nSPS) is 21.8. The van der Waals surface area contributed by atoms with Crippen LogP contribution in [0.25, 0.3) is 0 Å². The predicted octanol–water partition coefficient (Wildman–Crippen LogP) is -2.41. The second-order valence-corrected chi connectivity index (χ2v) is 3.93. The molecular weight excluding hydrogens is 226 g/mol. The molecule has 0 radical (unpaired) electrons. The van der Waals surface area contributed by atoms with Crippen LogP contribution in [0.5, 0.6) is 0 Å². The zero-order chi connectivity index (χ0) is 12.7. The van der Waals surface area contributed by atoms with E-state index in [9.17, 15) is 14.7 Å². The van der Waals surface area contributed by atoms with Gasteiger partial charge in [-0.2, -0.15) is 0 Å². The molecule has 98 valence electrons. The van der Waals surface area contributed by atoms with Crippen LogP contribution < -0.4 is 16.0 Å². The number of ether oxygens (including phenoxy) is 1. The monoisotopic (exact) mass is 245 g/mol. The Hall–Kier alpha value is -1.18. The van der Waals surface area contributed by atoms with Gasteiger partial charge in [0.25, 0.3) is 0 Å². The quantitative estimate of drug-likeness (QED) is 0.417. The molecule has 0 aliphatic carbocycles. The van der Waals surface area contributed by atoms with E-state index in [0.29, 0.717) is 19.5 Å². The van der Waals surface area contributed by atoms with Crippen molar-refractivity contribution in [3.8, 4) is 0 Å². The first-order valence-corrected chi connectivity index (χ1v) is 5.58. The Morgan fingerprint density at radius 2 is 2.47 bits per heavy atom. The van der Waals surface area contributed by atoms with Gasteiger partial charge >= 0.3 is 0 Å². The molecule has 17 heavy (non-hydrogen) atoms. The molecule has 1 heterocycles. The summed E-state index contributed by atoms with van der Waals surface area (Å²) in [6.45, 7) is 1.10. The summed E-state index contributed by atoms with van der Waals surface area (Å²) < 4.78 is 4.77. The first-order chi connectivity index (χ1) is 8.13. The van der Waals surface area contributed by atoms with Gasteiger partial charge in [-0.3, -0.25) is 14.9 Å². The highest BCUT2D eigenvalue weighted by atomic mass is 16.5. The maximum Gasteiger partial charge on any atom is 0.238 e. The summed E-state index contributed by atoms with van der Waals surface area (Å²) in [7, 11) is 1.51. The number of amides is 2. The summed E-state index contributed by atoms with van der Waals surface area (Å²) in [4.78, 5) is 22.5. The summed E-state index contributed by atoms with van der Waals surface area (Å²) in [5.41, 5.74) is 0. The van der Waals surface area contributed by atoms with Gasteiger partial charge in [-0.1, -0.05) is 0 Å². The van der Waals surface area contributed by atoms with Crippen LogP contribution >= 0.6 is 0 Å². The molecular formula is C10H19N3O4. The van der Waals surface area contributed by atoms with Gasteiger partial charge < -0.3 is 20.5 Å². The number of carbonyl (C=O) groups excluding carboxylic acids is 2. The average Bonchev–Trinajstić information content (AvgIpc) is 2.30. The van der Waals surface area contributed by atoms with E-state index in [-0.39, 0.29) is 25.0 Å². The third-order valence-corrected chi connectivity index (χ3v) is 2.46. The van der Waals surface area contributed by atoms with E-state index >= 15 is 0 Å². The SMILES string of the molecule is COCC(O)CCNC(=O)C1CNC(=O)CN1. The van der Waals surface area contributed by atoms with Crippen molar-refractivity contribution < 1.29 is 19.4 Å². The number of hydrogen-bond donors (Lipinski definition) is 4. The van der Waals surface area contributed by atoms with Crippen molar-refractivity contribution in [2.45, 2.75) is 18.6 Å². The lowest BCUT2D eigenvalue weighted by molar-refractivity contribution is -0.126. The van der Waals surface area contributed by atoms with E-state index in [1.165, 1.54) is 7.11 Å². The van der Waals surface area contributed by atoms with E-state index < -0.39 is 12.1 Å². The van der Waals surface area contributed by atoms with Crippen molar-refractivity contribution in [2.24, 2.45) is 0 Å². The van der Waals surface area contributed by atoms with E-state index in [2.05, 4.69) is 16.0 Å². The molecule has 0 aromatic carbocycles. The third kappa shape index (κ3) is 5.12. The van der Waals surface area contributed by atoms with Gasteiger partial charge in [-0.15, -0.1) is 0 Å². The molecule has 7 nitrogen and oxygen atoms in total. The fourth-order valence-electron chi connectivity index (χ4n) is 1.51. The van der Waals surface area contributed by atoms with Gasteiger partial charge in [-0.25, -0.2) is 0 Å². The molecule has 0 bridgehead atoms. The van der Waals surface area contributed by atoms with E-state index in [1.807, 2.05) is 0 Å². The van der Waals surface area contributed by atoms with Crippen molar-refractivity contribution in [2.75, 3.05) is 33.4 Å². The molecule has 0 aromatic heterocycles. The summed E-state index contributed by atoms with van der Waals surface area (Å²) in [5, 5.41) is 17.5. The molecule has 1 rings (SSSR count). The van der Waals surface area contributed by atoms with E-state index in [4.69, 9.17) is 4.74 Å². The standard InChI is InChI=1S/C10H19N3O4/c1-17-6-7(14)2-3-11-10(16)8-4-13-9(15)5-12-8/h7-8,12,14H,2-6H2,1H3,(H,11,16)(H,13,15). The second-order valence-electron chi connectivity index (χ2n) is 3.93. The minimum absolute atomic E-state index is 0.107. The Bertz CT molecular complexity index is 262. The minimum atomic E-state index is -0.570. The molecule has 1 fully saturated rings. The molecule has 0 saturated carbocycles. The highest BCUT2D eigenvalue weighted by Gasteiger charge is 2.23. The Kier molecular flexibility index (Phi) is 5.88. The van der Waals surface area contributed by atoms with Gasteiger partial charge in [0.15, 0.2) is 0 Å². The second kappa shape index (κ2) is 7.21. The largest absolute Gasteiger partial charge is 0.391 e. The number of rotatable bonds is 6.